The van der Waals surface area contributed by atoms with Gasteiger partial charge in [-0.25, -0.2) is 29.5 Å². The third kappa shape index (κ3) is 8.34. The number of aromatic amines is 4. The number of ether oxygens (including phenoxy) is 2. The molecule has 0 saturated carbocycles. The number of hydrogen-bond acceptors (Lipinski definition) is 10. The van der Waals surface area contributed by atoms with Crippen LogP contribution in [-0.4, -0.2) is 106 Å². The molecule has 2 aromatic carbocycles. The number of nitrogens with zero attached hydrogens (tertiary/aromatic N) is 6. The summed E-state index contributed by atoms with van der Waals surface area (Å²) in [4.78, 5) is 85.4. The summed E-state index contributed by atoms with van der Waals surface area (Å²) in [6, 6.07) is 14.9. The zero-order valence-electron chi connectivity index (χ0n) is 33.2. The highest BCUT2D eigenvalue weighted by Gasteiger charge is 2.45. The van der Waals surface area contributed by atoms with E-state index in [1.54, 1.807) is 41.5 Å². The highest BCUT2D eigenvalue weighted by atomic mass is 16.6. The summed E-state index contributed by atoms with van der Waals surface area (Å²) < 4.78 is 10.2. The number of carbonyl (C=O) groups is 4. The predicted molar refractivity (Wildman–Crippen MR) is 217 cm³/mol. The molecular weight excluding hydrogens is 769 g/mol. The molecular formula is C42H46N12O6. The number of methoxy groups -OCH3 is 1. The largest absolute Gasteiger partial charge is 0.453 e. The van der Waals surface area contributed by atoms with Gasteiger partial charge in [0, 0.05) is 49.7 Å². The normalized spacial score (nSPS) is 17.9. The van der Waals surface area contributed by atoms with Crippen LogP contribution in [0.25, 0.3) is 33.6 Å². The lowest BCUT2D eigenvalue weighted by molar-refractivity contribution is -0.150. The second kappa shape index (κ2) is 16.9. The SMILES string of the molecule is COC(=O)N[C@@H](Cc1cnc[nH]1)C(=O)N1CCCC1c1ncc(-c2ccc(-c3ccc(-c4cnc([C@@H]5CCCN5C(=O)[C@](C)(Cc5cnc[nH]5)OC(N)=O)[nH]4)cc3)cc2)[nH]1. The summed E-state index contributed by atoms with van der Waals surface area (Å²) in [6.07, 6.45) is 11.4. The van der Waals surface area contributed by atoms with Gasteiger partial charge in [-0.3, -0.25) is 9.59 Å². The standard InChI is InChI=1S/C42H46N12O6/c1-42(60-40(43)57,18-30-20-45-24-49-30)39(56)54-16-4-6-35(54)37-47-22-33(51-37)28-13-9-26(10-14-28)25-7-11-27(12-8-25)32-21-46-36(50-32)34-5-3-15-53(34)38(55)31(52-41(58)59-2)17-29-19-44-23-48-29/h7-14,19-24,31,34-35H,3-6,15-18H2,1-2H3,(H2,43,57)(H,44,48)(H,45,49)(H,46,50)(H,47,51)(H,52,58)/t31-,34?,35-,42-/m0/s1. The van der Waals surface area contributed by atoms with Crippen molar-refractivity contribution in [2.24, 2.45) is 5.73 Å². The first-order valence-electron chi connectivity index (χ1n) is 19.8. The van der Waals surface area contributed by atoms with E-state index in [-0.39, 0.29) is 36.7 Å². The van der Waals surface area contributed by atoms with Crippen LogP contribution in [0.1, 0.15) is 67.7 Å². The van der Waals surface area contributed by atoms with E-state index in [1.807, 2.05) is 36.4 Å². The van der Waals surface area contributed by atoms with Crippen LogP contribution in [0.4, 0.5) is 9.59 Å². The van der Waals surface area contributed by atoms with Crippen molar-refractivity contribution in [2.75, 3.05) is 20.2 Å². The number of aromatic nitrogens is 8. The molecule has 2 saturated heterocycles. The Morgan fingerprint density at radius 3 is 1.82 bits per heavy atom. The number of nitrogens with one attached hydrogen (secondary N) is 5. The van der Waals surface area contributed by atoms with Crippen molar-refractivity contribution in [3.05, 3.63) is 109 Å². The van der Waals surface area contributed by atoms with Crippen LogP contribution in [-0.2, 0) is 31.9 Å². The number of rotatable bonds is 13. The molecule has 0 spiro atoms. The van der Waals surface area contributed by atoms with Crippen molar-refractivity contribution >= 4 is 24.0 Å². The van der Waals surface area contributed by atoms with E-state index in [1.165, 1.54) is 19.8 Å². The molecule has 18 nitrogen and oxygen atoms in total. The number of hydrogen-bond donors (Lipinski definition) is 6. The lowest BCUT2D eigenvalue weighted by Crippen LogP contribution is -2.52. The minimum absolute atomic E-state index is 0.0954. The minimum atomic E-state index is -1.52. The van der Waals surface area contributed by atoms with Crippen molar-refractivity contribution in [1.29, 1.82) is 0 Å². The number of imidazole rings is 4. The number of benzene rings is 2. The van der Waals surface area contributed by atoms with Crippen molar-refractivity contribution in [2.45, 2.75) is 69.2 Å². The predicted octanol–water partition coefficient (Wildman–Crippen LogP) is 4.97. The van der Waals surface area contributed by atoms with E-state index in [0.29, 0.717) is 36.9 Å². The first-order valence-corrected chi connectivity index (χ1v) is 19.8. The molecule has 2 aliphatic heterocycles. The van der Waals surface area contributed by atoms with Crippen LogP contribution in [0.5, 0.6) is 0 Å². The maximum atomic E-state index is 13.9. The highest BCUT2D eigenvalue weighted by Crippen LogP contribution is 2.36. The van der Waals surface area contributed by atoms with Crippen LogP contribution in [0.2, 0.25) is 0 Å². The number of nitrogens with two attached hydrogens (primary N) is 1. The van der Waals surface area contributed by atoms with Gasteiger partial charge in [0.15, 0.2) is 5.60 Å². The fourth-order valence-electron chi connectivity index (χ4n) is 8.24. The summed E-state index contributed by atoms with van der Waals surface area (Å²) in [5, 5.41) is 2.68. The Labute approximate surface area is 344 Å². The third-order valence-corrected chi connectivity index (χ3v) is 11.2. The molecule has 6 aromatic rings. The summed E-state index contributed by atoms with van der Waals surface area (Å²) in [7, 11) is 1.27. The molecule has 6 heterocycles. The van der Waals surface area contributed by atoms with E-state index in [4.69, 9.17) is 15.2 Å². The maximum absolute atomic E-state index is 13.9. The minimum Gasteiger partial charge on any atom is -0.453 e. The quantitative estimate of drug-likeness (QED) is 0.0914. The van der Waals surface area contributed by atoms with E-state index in [0.717, 1.165) is 58.6 Å². The molecule has 310 valence electrons. The van der Waals surface area contributed by atoms with Crippen LogP contribution in [0.15, 0.2) is 86.0 Å². The molecule has 7 N–H and O–H groups in total. The van der Waals surface area contributed by atoms with Crippen molar-refractivity contribution in [3.63, 3.8) is 0 Å². The molecule has 0 bridgehead atoms. The Hall–Kier alpha value is -7.24. The van der Waals surface area contributed by atoms with Crippen molar-refractivity contribution in [1.82, 2.24) is 55.0 Å². The van der Waals surface area contributed by atoms with Crippen LogP contribution in [0.3, 0.4) is 0 Å². The molecule has 0 radical (unpaired) electrons. The first-order chi connectivity index (χ1) is 29.1. The number of primary amides is 1. The molecule has 4 atom stereocenters. The zero-order valence-corrected chi connectivity index (χ0v) is 33.2. The van der Waals surface area contributed by atoms with Gasteiger partial charge in [0.1, 0.15) is 17.7 Å². The van der Waals surface area contributed by atoms with Gasteiger partial charge in [-0.1, -0.05) is 48.5 Å². The maximum Gasteiger partial charge on any atom is 0.407 e. The summed E-state index contributed by atoms with van der Waals surface area (Å²) in [5.74, 6) is 0.765. The van der Waals surface area contributed by atoms with Gasteiger partial charge < -0.3 is 50.3 Å². The Morgan fingerprint density at radius 2 is 1.30 bits per heavy atom. The molecule has 2 aliphatic rings. The van der Waals surface area contributed by atoms with E-state index in [2.05, 4.69) is 57.3 Å². The monoisotopic (exact) mass is 814 g/mol. The molecule has 1 unspecified atom stereocenters. The molecule has 4 amide bonds. The van der Waals surface area contributed by atoms with E-state index >= 15 is 0 Å². The molecule has 18 heteroatoms. The number of carbonyl (C=O) groups excluding carboxylic acids is 4. The van der Waals surface area contributed by atoms with Gasteiger partial charge in [0.25, 0.3) is 5.91 Å². The van der Waals surface area contributed by atoms with Gasteiger partial charge in [0.05, 0.1) is 55.6 Å². The fourth-order valence-corrected chi connectivity index (χ4v) is 8.24. The van der Waals surface area contributed by atoms with Crippen molar-refractivity contribution in [3.8, 4) is 33.6 Å². The second-order valence-electron chi connectivity index (χ2n) is 15.2. The van der Waals surface area contributed by atoms with Crippen molar-refractivity contribution < 1.29 is 28.7 Å². The zero-order chi connectivity index (χ0) is 41.8. The van der Waals surface area contributed by atoms with Crippen LogP contribution < -0.4 is 11.1 Å². The number of alkyl carbamates (subject to hydrolysis) is 1. The van der Waals surface area contributed by atoms with Gasteiger partial charge in [0.2, 0.25) is 5.91 Å². The number of likely N-dealkylation sites (tertiary alicyclic amines) is 2. The fraction of sp³-hybridized carbons (Fsp3) is 0.333. The van der Waals surface area contributed by atoms with Gasteiger partial charge in [-0.05, 0) is 54.9 Å². The van der Waals surface area contributed by atoms with Crippen LogP contribution >= 0.6 is 0 Å². The highest BCUT2D eigenvalue weighted by molar-refractivity contribution is 5.88. The average molecular weight is 815 g/mol. The Balaban J connectivity index is 0.920. The first kappa shape index (κ1) is 39.6. The van der Waals surface area contributed by atoms with Gasteiger partial charge in [-0.15, -0.1) is 0 Å². The van der Waals surface area contributed by atoms with Crippen LogP contribution in [0, 0.1) is 0 Å². The molecule has 8 rings (SSSR count). The Bertz CT molecular complexity index is 2430. The molecule has 2 fully saturated rings. The number of H-pyrrole nitrogens is 4. The molecule has 60 heavy (non-hydrogen) atoms. The second-order valence-corrected chi connectivity index (χ2v) is 15.2. The van der Waals surface area contributed by atoms with Gasteiger partial charge >= 0.3 is 12.2 Å². The van der Waals surface area contributed by atoms with E-state index in [9.17, 15) is 19.2 Å². The summed E-state index contributed by atoms with van der Waals surface area (Å²) in [6.45, 7) is 2.60. The lowest BCUT2D eigenvalue weighted by Gasteiger charge is -2.34. The third-order valence-electron chi connectivity index (χ3n) is 11.2. The number of amides is 4. The van der Waals surface area contributed by atoms with E-state index < -0.39 is 23.8 Å². The molecule has 0 aliphatic carbocycles. The Kier molecular flexibility index (Phi) is 11.2. The summed E-state index contributed by atoms with van der Waals surface area (Å²) in [5.41, 5.74) is 10.8. The smallest absolute Gasteiger partial charge is 0.407 e. The Morgan fingerprint density at radius 1 is 0.783 bits per heavy atom. The van der Waals surface area contributed by atoms with Gasteiger partial charge in [-0.2, -0.15) is 0 Å². The summed E-state index contributed by atoms with van der Waals surface area (Å²) >= 11 is 0. The average Bonchev–Trinajstić information content (AvgIpc) is 4.11. The molecule has 4 aromatic heterocycles. The topological polar surface area (TPSA) is 246 Å². The lowest BCUT2D eigenvalue weighted by atomic mass is 9.97.